The Morgan fingerprint density at radius 2 is 1.85 bits per heavy atom. The summed E-state index contributed by atoms with van der Waals surface area (Å²) in [5, 5.41) is 17.6. The topological polar surface area (TPSA) is 86.9 Å². The molecule has 8 nitrogen and oxygen atoms in total. The fourth-order valence-corrected chi connectivity index (χ4v) is 4.28. The van der Waals surface area contributed by atoms with Crippen molar-refractivity contribution in [3.05, 3.63) is 59.8 Å². The third-order valence-corrected chi connectivity index (χ3v) is 6.15. The molecule has 0 saturated heterocycles. The smallest absolute Gasteiger partial charge is 0.234 e. The van der Waals surface area contributed by atoms with Gasteiger partial charge in [-0.2, -0.15) is 5.10 Å². The van der Waals surface area contributed by atoms with Crippen LogP contribution in [-0.4, -0.2) is 43.3 Å². The van der Waals surface area contributed by atoms with Gasteiger partial charge in [-0.3, -0.25) is 9.48 Å². The minimum absolute atomic E-state index is 0.124. The first kappa shape index (κ1) is 22.9. The number of aromatic nitrogens is 5. The number of hydrogen-bond acceptors (Lipinski definition) is 6. The Kier molecular flexibility index (Phi) is 7.00. The number of anilines is 1. The molecule has 0 radical (unpaired) electrons. The lowest BCUT2D eigenvalue weighted by molar-refractivity contribution is -0.113. The SMILES string of the molecule is CCn1c(SCC(=O)Nc2ccc(OC)cc2)nnc1-c1cn(C)nc1-c1ccc(Cl)cc1. The van der Waals surface area contributed by atoms with Crippen LogP contribution in [0.3, 0.4) is 0 Å². The maximum atomic E-state index is 12.4. The molecule has 0 atom stereocenters. The number of rotatable bonds is 8. The molecule has 170 valence electrons. The second-order valence-corrected chi connectivity index (χ2v) is 8.57. The maximum Gasteiger partial charge on any atom is 0.234 e. The summed E-state index contributed by atoms with van der Waals surface area (Å²) in [4.78, 5) is 12.4. The molecular weight excluding hydrogens is 460 g/mol. The van der Waals surface area contributed by atoms with Crippen LogP contribution in [0.4, 0.5) is 5.69 Å². The number of carbonyl (C=O) groups is 1. The molecule has 0 aliphatic carbocycles. The van der Waals surface area contributed by atoms with Gasteiger partial charge in [0.15, 0.2) is 11.0 Å². The van der Waals surface area contributed by atoms with E-state index in [1.807, 2.05) is 49.0 Å². The van der Waals surface area contributed by atoms with Crippen LogP contribution in [0.15, 0.2) is 59.9 Å². The Morgan fingerprint density at radius 1 is 1.12 bits per heavy atom. The van der Waals surface area contributed by atoms with E-state index in [0.29, 0.717) is 28.2 Å². The van der Waals surface area contributed by atoms with E-state index in [-0.39, 0.29) is 11.7 Å². The van der Waals surface area contributed by atoms with Crippen molar-refractivity contribution >= 4 is 35.0 Å². The van der Waals surface area contributed by atoms with Gasteiger partial charge in [0, 0.05) is 36.1 Å². The molecule has 2 heterocycles. The summed E-state index contributed by atoms with van der Waals surface area (Å²) in [5.74, 6) is 1.52. The first-order valence-corrected chi connectivity index (χ1v) is 11.6. The van der Waals surface area contributed by atoms with Gasteiger partial charge < -0.3 is 14.6 Å². The third kappa shape index (κ3) is 5.20. The van der Waals surface area contributed by atoms with Crippen molar-refractivity contribution in [3.63, 3.8) is 0 Å². The Morgan fingerprint density at radius 3 is 2.52 bits per heavy atom. The lowest BCUT2D eigenvalue weighted by Gasteiger charge is -2.08. The van der Waals surface area contributed by atoms with E-state index in [1.54, 1.807) is 36.1 Å². The fraction of sp³-hybridized carbons (Fsp3) is 0.217. The number of ether oxygens (including phenoxy) is 1. The predicted octanol–water partition coefficient (Wildman–Crippen LogP) is 4.76. The lowest BCUT2D eigenvalue weighted by atomic mass is 10.1. The van der Waals surface area contributed by atoms with Gasteiger partial charge in [0.1, 0.15) is 11.4 Å². The highest BCUT2D eigenvalue weighted by molar-refractivity contribution is 7.99. The number of benzene rings is 2. The molecule has 0 bridgehead atoms. The first-order chi connectivity index (χ1) is 16.0. The van der Waals surface area contributed by atoms with Gasteiger partial charge >= 0.3 is 0 Å². The molecule has 0 unspecified atom stereocenters. The van der Waals surface area contributed by atoms with Gasteiger partial charge in [-0.1, -0.05) is 35.5 Å². The minimum atomic E-state index is -0.124. The largest absolute Gasteiger partial charge is 0.497 e. The van der Waals surface area contributed by atoms with Gasteiger partial charge in [-0.15, -0.1) is 10.2 Å². The molecule has 4 aromatic rings. The van der Waals surface area contributed by atoms with Crippen LogP contribution in [0, 0.1) is 0 Å². The fourth-order valence-electron chi connectivity index (χ4n) is 3.35. The number of thioether (sulfide) groups is 1. The van der Waals surface area contributed by atoms with Crippen molar-refractivity contribution in [1.82, 2.24) is 24.5 Å². The molecular formula is C23H23ClN6O2S. The van der Waals surface area contributed by atoms with Crippen molar-refractivity contribution in [2.24, 2.45) is 7.05 Å². The average Bonchev–Trinajstić information content (AvgIpc) is 3.41. The number of aryl methyl sites for hydroxylation is 1. The van der Waals surface area contributed by atoms with Crippen LogP contribution in [0.25, 0.3) is 22.6 Å². The van der Waals surface area contributed by atoms with Crippen LogP contribution in [0.5, 0.6) is 5.75 Å². The standard InChI is InChI=1S/C23H23ClN6O2S/c1-4-30-22(19-13-29(2)28-21(19)15-5-7-16(24)8-6-15)26-27-23(30)33-14-20(31)25-17-9-11-18(32-3)12-10-17/h5-13H,4,14H2,1-3H3,(H,25,31). The van der Waals surface area contributed by atoms with Crippen LogP contribution >= 0.6 is 23.4 Å². The molecule has 1 N–H and O–H groups in total. The Bertz CT molecular complexity index is 1250. The highest BCUT2D eigenvalue weighted by atomic mass is 35.5. The predicted molar refractivity (Wildman–Crippen MR) is 131 cm³/mol. The summed E-state index contributed by atoms with van der Waals surface area (Å²) < 4.78 is 8.88. The number of amides is 1. The van der Waals surface area contributed by atoms with Crippen LogP contribution in [0.2, 0.25) is 5.02 Å². The number of nitrogens with one attached hydrogen (secondary N) is 1. The number of hydrogen-bond donors (Lipinski definition) is 1. The minimum Gasteiger partial charge on any atom is -0.497 e. The van der Waals surface area contributed by atoms with Gasteiger partial charge in [0.2, 0.25) is 5.91 Å². The van der Waals surface area contributed by atoms with Crippen molar-refractivity contribution in [2.45, 2.75) is 18.6 Å². The maximum absolute atomic E-state index is 12.4. The normalized spacial score (nSPS) is 10.9. The molecule has 4 rings (SSSR count). The van der Waals surface area contributed by atoms with Gasteiger partial charge in [-0.05, 0) is 43.3 Å². The monoisotopic (exact) mass is 482 g/mol. The molecule has 2 aromatic heterocycles. The first-order valence-electron chi connectivity index (χ1n) is 10.3. The molecule has 10 heteroatoms. The average molecular weight is 483 g/mol. The van der Waals surface area contributed by atoms with Crippen LogP contribution < -0.4 is 10.1 Å². The highest BCUT2D eigenvalue weighted by Crippen LogP contribution is 2.32. The van der Waals surface area contributed by atoms with E-state index >= 15 is 0 Å². The second-order valence-electron chi connectivity index (χ2n) is 7.19. The van der Waals surface area contributed by atoms with Crippen LogP contribution in [0.1, 0.15) is 6.92 Å². The number of carbonyl (C=O) groups excluding carboxylic acids is 1. The molecule has 0 aliphatic rings. The van der Waals surface area contributed by atoms with E-state index < -0.39 is 0 Å². The van der Waals surface area contributed by atoms with E-state index in [1.165, 1.54) is 11.8 Å². The number of methoxy groups -OCH3 is 1. The summed E-state index contributed by atoms with van der Waals surface area (Å²) in [6.45, 7) is 2.67. The summed E-state index contributed by atoms with van der Waals surface area (Å²) in [7, 11) is 3.47. The van der Waals surface area contributed by atoms with Crippen molar-refractivity contribution in [3.8, 4) is 28.4 Å². The van der Waals surface area contributed by atoms with Crippen molar-refractivity contribution < 1.29 is 9.53 Å². The van der Waals surface area contributed by atoms with Gasteiger partial charge in [0.25, 0.3) is 0 Å². The Hall–Kier alpha value is -3.30. The summed E-state index contributed by atoms with van der Waals surface area (Å²) in [6, 6.07) is 14.7. The summed E-state index contributed by atoms with van der Waals surface area (Å²) in [6.07, 6.45) is 1.92. The molecule has 0 aliphatic heterocycles. The zero-order valence-electron chi connectivity index (χ0n) is 18.4. The number of nitrogens with zero attached hydrogens (tertiary/aromatic N) is 5. The van der Waals surface area contributed by atoms with Crippen molar-refractivity contribution in [1.29, 1.82) is 0 Å². The molecule has 0 spiro atoms. The quantitative estimate of drug-likeness (QED) is 0.364. The summed E-state index contributed by atoms with van der Waals surface area (Å²) in [5.41, 5.74) is 3.31. The Balaban J connectivity index is 1.52. The Labute approximate surface area is 200 Å². The van der Waals surface area contributed by atoms with E-state index in [9.17, 15) is 4.79 Å². The van der Waals surface area contributed by atoms with E-state index in [0.717, 1.165) is 22.6 Å². The molecule has 1 amide bonds. The number of halogens is 1. The molecule has 0 fully saturated rings. The van der Waals surface area contributed by atoms with E-state index in [2.05, 4.69) is 20.6 Å². The van der Waals surface area contributed by atoms with Gasteiger partial charge in [-0.25, -0.2) is 0 Å². The molecule has 33 heavy (non-hydrogen) atoms. The molecule has 2 aromatic carbocycles. The van der Waals surface area contributed by atoms with E-state index in [4.69, 9.17) is 16.3 Å². The second kappa shape index (κ2) is 10.1. The van der Waals surface area contributed by atoms with Crippen molar-refractivity contribution in [2.75, 3.05) is 18.2 Å². The highest BCUT2D eigenvalue weighted by Gasteiger charge is 2.20. The van der Waals surface area contributed by atoms with Crippen LogP contribution in [-0.2, 0) is 18.4 Å². The third-order valence-electron chi connectivity index (χ3n) is 4.93. The van der Waals surface area contributed by atoms with Gasteiger partial charge in [0.05, 0.1) is 18.4 Å². The zero-order chi connectivity index (χ0) is 23.4. The zero-order valence-corrected chi connectivity index (χ0v) is 20.0. The molecule has 0 saturated carbocycles. The summed E-state index contributed by atoms with van der Waals surface area (Å²) >= 11 is 7.38. The lowest BCUT2D eigenvalue weighted by Crippen LogP contribution is -2.14.